The lowest BCUT2D eigenvalue weighted by molar-refractivity contribution is 0.220. The van der Waals surface area contributed by atoms with Crippen LogP contribution in [-0.4, -0.2) is 0 Å². The molecular formula is C15H34. The van der Waals surface area contributed by atoms with Gasteiger partial charge in [0.1, 0.15) is 0 Å². The monoisotopic (exact) mass is 214 g/mol. The molecule has 1 rings (SSSR count). The van der Waals surface area contributed by atoms with Gasteiger partial charge in [0.05, 0.1) is 0 Å². The zero-order chi connectivity index (χ0) is 12.3. The molecule has 0 radical (unpaired) electrons. The zero-order valence-electron chi connectivity index (χ0n) is 12.3. The van der Waals surface area contributed by atoms with Crippen molar-refractivity contribution in [2.75, 3.05) is 0 Å². The minimum Gasteiger partial charge on any atom is -0.0683 e. The van der Waals surface area contributed by atoms with Crippen LogP contribution in [0.3, 0.4) is 0 Å². The number of rotatable bonds is 2. The van der Waals surface area contributed by atoms with Crippen molar-refractivity contribution in [2.45, 2.75) is 80.6 Å². The van der Waals surface area contributed by atoms with Gasteiger partial charge in [0, 0.05) is 0 Å². The van der Waals surface area contributed by atoms with Gasteiger partial charge in [-0.05, 0) is 24.2 Å². The highest BCUT2D eigenvalue weighted by molar-refractivity contribution is 4.72. The molecule has 15 heavy (non-hydrogen) atoms. The van der Waals surface area contributed by atoms with Crippen LogP contribution in [0.2, 0.25) is 0 Å². The Morgan fingerprint density at radius 3 is 1.80 bits per heavy atom. The summed E-state index contributed by atoms with van der Waals surface area (Å²) in [6.07, 6.45) is 7.41. The van der Waals surface area contributed by atoms with Crippen LogP contribution in [0.5, 0.6) is 0 Å². The molecule has 0 bridgehead atoms. The van der Waals surface area contributed by atoms with Crippen LogP contribution in [0.1, 0.15) is 80.6 Å². The summed E-state index contributed by atoms with van der Waals surface area (Å²) >= 11 is 0. The highest BCUT2D eigenvalue weighted by Crippen LogP contribution is 2.33. The minimum atomic E-state index is 0.903. The average Bonchev–Trinajstić information content (AvgIpc) is 2.27. The first-order valence-corrected chi connectivity index (χ1v) is 7.20. The largest absolute Gasteiger partial charge is 0.0683 e. The van der Waals surface area contributed by atoms with Gasteiger partial charge >= 0.3 is 0 Å². The summed E-state index contributed by atoms with van der Waals surface area (Å²) < 4.78 is 0. The topological polar surface area (TPSA) is 0 Å². The van der Waals surface area contributed by atoms with Crippen LogP contribution >= 0.6 is 0 Å². The van der Waals surface area contributed by atoms with Crippen molar-refractivity contribution in [3.63, 3.8) is 0 Å². The van der Waals surface area contributed by atoms with Gasteiger partial charge in [-0.15, -0.1) is 0 Å². The molecule has 0 nitrogen and oxygen atoms in total. The van der Waals surface area contributed by atoms with Crippen LogP contribution < -0.4 is 0 Å². The van der Waals surface area contributed by atoms with E-state index in [4.69, 9.17) is 0 Å². The molecule has 2 atom stereocenters. The third-order valence-electron chi connectivity index (χ3n) is 3.06. The number of hydrogen-bond acceptors (Lipinski definition) is 0. The van der Waals surface area contributed by atoms with E-state index in [0.717, 1.165) is 17.8 Å². The molecule has 0 saturated heterocycles. The Balaban J connectivity index is 0. The van der Waals surface area contributed by atoms with E-state index in [2.05, 4.69) is 20.8 Å². The molecule has 0 amide bonds. The summed E-state index contributed by atoms with van der Waals surface area (Å²) in [5, 5.41) is 0. The van der Waals surface area contributed by atoms with Crippen molar-refractivity contribution in [2.24, 2.45) is 17.8 Å². The van der Waals surface area contributed by atoms with Gasteiger partial charge in [-0.2, -0.15) is 0 Å². The van der Waals surface area contributed by atoms with Gasteiger partial charge in [-0.1, -0.05) is 74.1 Å². The van der Waals surface area contributed by atoms with Crippen molar-refractivity contribution in [1.82, 2.24) is 0 Å². The van der Waals surface area contributed by atoms with Crippen molar-refractivity contribution in [3.05, 3.63) is 0 Å². The lowest BCUT2D eigenvalue weighted by Gasteiger charge is -2.29. The Bertz CT molecular complexity index is 105. The van der Waals surface area contributed by atoms with E-state index in [1.165, 1.54) is 32.1 Å². The summed E-state index contributed by atoms with van der Waals surface area (Å²) in [6, 6.07) is 0. The van der Waals surface area contributed by atoms with Gasteiger partial charge in [-0.25, -0.2) is 0 Å². The molecule has 0 heterocycles. The Morgan fingerprint density at radius 1 is 0.933 bits per heavy atom. The molecule has 2 unspecified atom stereocenters. The van der Waals surface area contributed by atoms with Gasteiger partial charge < -0.3 is 0 Å². The molecule has 0 spiro atoms. The van der Waals surface area contributed by atoms with E-state index < -0.39 is 0 Å². The fourth-order valence-corrected chi connectivity index (χ4v) is 2.35. The second kappa shape index (κ2) is 12.1. The van der Waals surface area contributed by atoms with Gasteiger partial charge in [0.2, 0.25) is 0 Å². The molecule has 1 aliphatic carbocycles. The van der Waals surface area contributed by atoms with Crippen molar-refractivity contribution >= 4 is 0 Å². The lowest BCUT2D eigenvalue weighted by Crippen LogP contribution is -2.18. The Morgan fingerprint density at radius 2 is 1.40 bits per heavy atom. The molecule has 1 saturated carbocycles. The first-order chi connectivity index (χ1) is 7.20. The fourth-order valence-electron chi connectivity index (χ4n) is 2.35. The molecule has 0 heteroatoms. The maximum Gasteiger partial charge on any atom is -0.0386 e. The molecule has 0 aromatic heterocycles. The molecule has 94 valence electrons. The third kappa shape index (κ3) is 8.96. The normalized spacial score (nSPS) is 24.8. The van der Waals surface area contributed by atoms with E-state index in [9.17, 15) is 0 Å². The van der Waals surface area contributed by atoms with E-state index in [0.29, 0.717) is 0 Å². The number of hydrogen-bond donors (Lipinski definition) is 0. The summed E-state index contributed by atoms with van der Waals surface area (Å²) in [6.45, 7) is 15.1. The van der Waals surface area contributed by atoms with Crippen LogP contribution in [-0.2, 0) is 0 Å². The van der Waals surface area contributed by atoms with Crippen LogP contribution in [0.15, 0.2) is 0 Å². The smallest absolute Gasteiger partial charge is 0.0386 e. The maximum absolute atomic E-state index is 2.44. The predicted molar refractivity (Wildman–Crippen MR) is 73.3 cm³/mol. The highest BCUT2D eigenvalue weighted by Gasteiger charge is 2.21. The standard InChI is InChI=1S/C11H22.2C2H6/c1-9(2)8-11-7-5-4-6-10(11)3;2*1-2/h9-11H,4-8H2,1-3H3;2*1-2H3. The quantitative estimate of drug-likeness (QED) is 0.536. The molecule has 0 aromatic carbocycles. The molecule has 0 aromatic rings. The highest BCUT2D eigenvalue weighted by atomic mass is 14.3. The van der Waals surface area contributed by atoms with Crippen LogP contribution in [0.4, 0.5) is 0 Å². The summed E-state index contributed by atoms with van der Waals surface area (Å²) in [5.41, 5.74) is 0. The Labute approximate surface area is 98.9 Å². The maximum atomic E-state index is 2.44. The molecule has 1 fully saturated rings. The second-order valence-corrected chi connectivity index (χ2v) is 4.65. The van der Waals surface area contributed by atoms with Crippen molar-refractivity contribution in [3.8, 4) is 0 Å². The Hall–Kier alpha value is 0. The lowest BCUT2D eigenvalue weighted by atomic mass is 9.76. The summed E-state index contributed by atoms with van der Waals surface area (Å²) in [7, 11) is 0. The summed E-state index contributed by atoms with van der Waals surface area (Å²) in [4.78, 5) is 0. The van der Waals surface area contributed by atoms with Crippen molar-refractivity contribution < 1.29 is 0 Å². The molecule has 1 aliphatic rings. The van der Waals surface area contributed by atoms with E-state index >= 15 is 0 Å². The third-order valence-corrected chi connectivity index (χ3v) is 3.06. The first kappa shape index (κ1) is 17.4. The minimum absolute atomic E-state index is 0.903. The first-order valence-electron chi connectivity index (χ1n) is 7.20. The summed E-state index contributed by atoms with van der Waals surface area (Å²) in [5.74, 6) is 2.95. The van der Waals surface area contributed by atoms with E-state index in [1.807, 2.05) is 27.7 Å². The molecular weight excluding hydrogens is 180 g/mol. The van der Waals surface area contributed by atoms with Gasteiger partial charge in [0.25, 0.3) is 0 Å². The van der Waals surface area contributed by atoms with Gasteiger partial charge in [0.15, 0.2) is 0 Å². The van der Waals surface area contributed by atoms with E-state index in [-0.39, 0.29) is 0 Å². The Kier molecular flexibility index (Phi) is 14.0. The fraction of sp³-hybridized carbons (Fsp3) is 1.00. The molecule has 0 aliphatic heterocycles. The second-order valence-electron chi connectivity index (χ2n) is 4.65. The van der Waals surface area contributed by atoms with E-state index in [1.54, 1.807) is 0 Å². The predicted octanol–water partition coefficient (Wildman–Crippen LogP) is 5.91. The van der Waals surface area contributed by atoms with Gasteiger partial charge in [-0.3, -0.25) is 0 Å². The zero-order valence-corrected chi connectivity index (χ0v) is 12.3. The van der Waals surface area contributed by atoms with Crippen LogP contribution in [0.25, 0.3) is 0 Å². The van der Waals surface area contributed by atoms with Crippen molar-refractivity contribution in [1.29, 1.82) is 0 Å². The SMILES string of the molecule is CC.CC.CC(C)CC1CCCCC1C. The molecule has 0 N–H and O–H groups in total. The van der Waals surface area contributed by atoms with Crippen LogP contribution in [0, 0.1) is 17.8 Å². The average molecular weight is 214 g/mol.